The van der Waals surface area contributed by atoms with Crippen molar-refractivity contribution < 1.29 is 4.79 Å². The molecule has 3 nitrogen and oxygen atoms in total. The number of rotatable bonds is 4. The van der Waals surface area contributed by atoms with Crippen LogP contribution in [0.2, 0.25) is 0 Å². The third kappa shape index (κ3) is 2.26. The number of amides is 1. The van der Waals surface area contributed by atoms with Crippen LogP contribution in [0.5, 0.6) is 0 Å². The van der Waals surface area contributed by atoms with Gasteiger partial charge in [0.05, 0.1) is 0 Å². The lowest BCUT2D eigenvalue weighted by molar-refractivity contribution is -0.109. The first-order chi connectivity index (χ1) is 7.40. The molecule has 0 aliphatic carbocycles. The van der Waals surface area contributed by atoms with Crippen molar-refractivity contribution in [1.82, 2.24) is 9.88 Å². The largest absolute Gasteiger partial charge is 0.355 e. The third-order valence-electron chi connectivity index (χ3n) is 2.23. The van der Waals surface area contributed by atoms with Gasteiger partial charge >= 0.3 is 0 Å². The topological polar surface area (TPSA) is 34.0 Å². The van der Waals surface area contributed by atoms with Crippen LogP contribution in [-0.2, 0) is 11.3 Å². The second-order valence-electron chi connectivity index (χ2n) is 3.26. The smallest absolute Gasteiger partial charge is 0.207 e. The molecule has 0 radical (unpaired) electrons. The summed E-state index contributed by atoms with van der Waals surface area (Å²) in [7, 11) is 0. The van der Waals surface area contributed by atoms with Crippen molar-refractivity contribution in [3.05, 3.63) is 54.4 Å². The Morgan fingerprint density at radius 2 is 1.80 bits per heavy atom. The zero-order valence-corrected chi connectivity index (χ0v) is 8.26. The van der Waals surface area contributed by atoms with Gasteiger partial charge < -0.3 is 9.88 Å². The standard InChI is InChI=1S/C12H12N2O/c15-10-13-9-11-3-5-12(6-4-11)14-7-1-2-8-14/h1-8,10H,9H2,(H,13,15). The van der Waals surface area contributed by atoms with E-state index in [2.05, 4.69) is 5.32 Å². The molecular formula is C12H12N2O. The first-order valence-corrected chi connectivity index (χ1v) is 4.79. The molecule has 0 aliphatic rings. The average Bonchev–Trinajstić information content (AvgIpc) is 2.80. The summed E-state index contributed by atoms with van der Waals surface area (Å²) in [5, 5.41) is 2.63. The molecule has 1 aromatic carbocycles. The van der Waals surface area contributed by atoms with Crippen LogP contribution in [0.25, 0.3) is 5.69 Å². The van der Waals surface area contributed by atoms with Crippen molar-refractivity contribution >= 4 is 6.41 Å². The highest BCUT2D eigenvalue weighted by Crippen LogP contribution is 2.09. The average molecular weight is 200 g/mol. The van der Waals surface area contributed by atoms with Gasteiger partial charge in [-0.15, -0.1) is 0 Å². The third-order valence-corrected chi connectivity index (χ3v) is 2.23. The maximum atomic E-state index is 10.1. The number of aromatic nitrogens is 1. The van der Waals surface area contributed by atoms with E-state index in [1.54, 1.807) is 0 Å². The van der Waals surface area contributed by atoms with Crippen molar-refractivity contribution in [2.45, 2.75) is 6.54 Å². The zero-order valence-electron chi connectivity index (χ0n) is 8.26. The molecule has 15 heavy (non-hydrogen) atoms. The first-order valence-electron chi connectivity index (χ1n) is 4.79. The van der Waals surface area contributed by atoms with Crippen LogP contribution >= 0.6 is 0 Å². The van der Waals surface area contributed by atoms with Crippen LogP contribution in [0, 0.1) is 0 Å². The van der Waals surface area contributed by atoms with E-state index in [0.29, 0.717) is 13.0 Å². The van der Waals surface area contributed by atoms with Crippen LogP contribution in [0.4, 0.5) is 0 Å². The fourth-order valence-corrected chi connectivity index (χ4v) is 1.45. The number of carbonyl (C=O) groups is 1. The molecule has 1 N–H and O–H groups in total. The van der Waals surface area contributed by atoms with Crippen molar-refractivity contribution in [3.63, 3.8) is 0 Å². The van der Waals surface area contributed by atoms with Gasteiger partial charge in [0, 0.05) is 24.6 Å². The Bertz CT molecular complexity index is 417. The minimum atomic E-state index is 0.579. The summed E-state index contributed by atoms with van der Waals surface area (Å²) in [5.41, 5.74) is 2.22. The molecule has 1 aromatic heterocycles. The highest BCUT2D eigenvalue weighted by molar-refractivity contribution is 5.46. The van der Waals surface area contributed by atoms with E-state index in [0.717, 1.165) is 11.3 Å². The van der Waals surface area contributed by atoms with Crippen molar-refractivity contribution in [3.8, 4) is 5.69 Å². The molecule has 1 heterocycles. The predicted octanol–water partition coefficient (Wildman–Crippen LogP) is 1.72. The van der Waals surface area contributed by atoms with E-state index in [4.69, 9.17) is 0 Å². The van der Waals surface area contributed by atoms with Gasteiger partial charge in [0.2, 0.25) is 6.41 Å². The molecule has 2 rings (SSSR count). The molecule has 0 saturated carbocycles. The van der Waals surface area contributed by atoms with Gasteiger partial charge in [-0.25, -0.2) is 0 Å². The number of nitrogens with one attached hydrogen (secondary N) is 1. The van der Waals surface area contributed by atoms with Gasteiger partial charge in [-0.05, 0) is 29.8 Å². The molecule has 0 spiro atoms. The van der Waals surface area contributed by atoms with Crippen LogP contribution in [0.3, 0.4) is 0 Å². The fourth-order valence-electron chi connectivity index (χ4n) is 1.45. The number of benzene rings is 1. The van der Waals surface area contributed by atoms with Crippen LogP contribution < -0.4 is 5.32 Å². The minimum Gasteiger partial charge on any atom is -0.355 e. The van der Waals surface area contributed by atoms with Gasteiger partial charge in [-0.3, -0.25) is 4.79 Å². The quantitative estimate of drug-likeness (QED) is 0.749. The fraction of sp³-hybridized carbons (Fsp3) is 0.0833. The highest BCUT2D eigenvalue weighted by Gasteiger charge is 1.95. The zero-order chi connectivity index (χ0) is 10.5. The molecule has 1 amide bonds. The summed E-state index contributed by atoms with van der Waals surface area (Å²) < 4.78 is 2.04. The molecule has 76 valence electrons. The Morgan fingerprint density at radius 3 is 2.40 bits per heavy atom. The molecule has 0 atom stereocenters. The van der Waals surface area contributed by atoms with Gasteiger partial charge in [0.25, 0.3) is 0 Å². The second kappa shape index (κ2) is 4.46. The van der Waals surface area contributed by atoms with E-state index in [-0.39, 0.29) is 0 Å². The van der Waals surface area contributed by atoms with Gasteiger partial charge in [0.1, 0.15) is 0 Å². The number of hydrogen-bond donors (Lipinski definition) is 1. The number of nitrogens with zero attached hydrogens (tertiary/aromatic N) is 1. The maximum absolute atomic E-state index is 10.1. The normalized spacial score (nSPS) is 9.87. The molecule has 3 heteroatoms. The van der Waals surface area contributed by atoms with E-state index >= 15 is 0 Å². The number of carbonyl (C=O) groups excluding carboxylic acids is 1. The Balaban J connectivity index is 2.14. The minimum absolute atomic E-state index is 0.579. The van der Waals surface area contributed by atoms with Crippen molar-refractivity contribution in [1.29, 1.82) is 0 Å². The maximum Gasteiger partial charge on any atom is 0.207 e. The van der Waals surface area contributed by atoms with Gasteiger partial charge in [0.15, 0.2) is 0 Å². The van der Waals surface area contributed by atoms with Gasteiger partial charge in [-0.2, -0.15) is 0 Å². The molecular weight excluding hydrogens is 188 g/mol. The summed E-state index contributed by atoms with van der Waals surface area (Å²) in [5.74, 6) is 0. The molecule has 0 bridgehead atoms. The lowest BCUT2D eigenvalue weighted by atomic mass is 10.2. The summed E-state index contributed by atoms with van der Waals surface area (Å²) >= 11 is 0. The monoisotopic (exact) mass is 200 g/mol. The lowest BCUT2D eigenvalue weighted by Crippen LogP contribution is -2.09. The first kappa shape index (κ1) is 9.52. The van der Waals surface area contributed by atoms with E-state index < -0.39 is 0 Å². The Hall–Kier alpha value is -2.03. The second-order valence-corrected chi connectivity index (χ2v) is 3.26. The summed E-state index contributed by atoms with van der Waals surface area (Å²) in [6, 6.07) is 12.0. The molecule has 0 unspecified atom stereocenters. The molecule has 0 fully saturated rings. The molecule has 0 saturated heterocycles. The van der Waals surface area contributed by atoms with Gasteiger partial charge in [-0.1, -0.05) is 12.1 Å². The summed E-state index contributed by atoms with van der Waals surface area (Å²) in [6.07, 6.45) is 4.71. The van der Waals surface area contributed by atoms with Crippen molar-refractivity contribution in [2.24, 2.45) is 0 Å². The molecule has 2 aromatic rings. The van der Waals surface area contributed by atoms with Crippen LogP contribution in [-0.4, -0.2) is 11.0 Å². The van der Waals surface area contributed by atoms with E-state index in [1.165, 1.54) is 0 Å². The Kier molecular flexibility index (Phi) is 2.83. The number of hydrogen-bond acceptors (Lipinski definition) is 1. The van der Waals surface area contributed by atoms with Crippen molar-refractivity contribution in [2.75, 3.05) is 0 Å². The van der Waals surface area contributed by atoms with Crippen LogP contribution in [0.15, 0.2) is 48.8 Å². The Morgan fingerprint density at radius 1 is 1.13 bits per heavy atom. The predicted molar refractivity (Wildman–Crippen MR) is 58.7 cm³/mol. The Labute approximate surface area is 88.3 Å². The summed E-state index contributed by atoms with van der Waals surface area (Å²) in [6.45, 7) is 0.579. The summed E-state index contributed by atoms with van der Waals surface area (Å²) in [4.78, 5) is 10.1. The highest BCUT2D eigenvalue weighted by atomic mass is 16.1. The van der Waals surface area contributed by atoms with Crippen LogP contribution in [0.1, 0.15) is 5.56 Å². The molecule has 0 aliphatic heterocycles. The lowest BCUT2D eigenvalue weighted by Gasteiger charge is -2.04. The van der Waals surface area contributed by atoms with E-state index in [1.807, 2.05) is 53.4 Å². The van der Waals surface area contributed by atoms with E-state index in [9.17, 15) is 4.79 Å². The SMILES string of the molecule is O=CNCc1ccc(-n2cccc2)cc1.